The highest BCUT2D eigenvalue weighted by atomic mass is 35.5. The fraction of sp³-hybridized carbons (Fsp3) is 0.176. The van der Waals surface area contributed by atoms with Gasteiger partial charge in [-0.15, -0.1) is 0 Å². The highest BCUT2D eigenvalue weighted by molar-refractivity contribution is 7.99. The Labute approximate surface area is 127 Å². The predicted octanol–water partition coefficient (Wildman–Crippen LogP) is 5.85. The summed E-state index contributed by atoms with van der Waals surface area (Å²) in [5.41, 5.74) is 2.57. The summed E-state index contributed by atoms with van der Waals surface area (Å²) in [7, 11) is 0. The molecule has 1 fully saturated rings. The zero-order valence-corrected chi connectivity index (χ0v) is 12.5. The molecule has 1 aliphatic rings. The Bertz CT molecular complexity index is 759. The highest BCUT2D eigenvalue weighted by Gasteiger charge is 2.29. The van der Waals surface area contributed by atoms with Crippen molar-refractivity contribution in [3.8, 4) is 0 Å². The smallest absolute Gasteiger partial charge is 0.0469 e. The first-order valence-electron chi connectivity index (χ1n) is 6.85. The molecule has 1 N–H and O–H groups in total. The van der Waals surface area contributed by atoms with Crippen LogP contribution in [0.4, 0.5) is 0 Å². The quantitative estimate of drug-likeness (QED) is 0.641. The lowest BCUT2D eigenvalue weighted by atomic mass is 10.2. The van der Waals surface area contributed by atoms with Crippen LogP contribution in [0.2, 0.25) is 5.02 Å². The van der Waals surface area contributed by atoms with Crippen LogP contribution in [0.15, 0.2) is 58.3 Å². The van der Waals surface area contributed by atoms with Crippen molar-refractivity contribution in [1.82, 2.24) is 4.98 Å². The molecule has 1 heterocycles. The van der Waals surface area contributed by atoms with Crippen LogP contribution in [0.3, 0.4) is 0 Å². The van der Waals surface area contributed by atoms with E-state index in [1.54, 1.807) is 0 Å². The Balaban J connectivity index is 1.86. The summed E-state index contributed by atoms with van der Waals surface area (Å²) in [4.78, 5) is 6.21. The lowest BCUT2D eigenvalue weighted by Crippen LogP contribution is -1.81. The predicted molar refractivity (Wildman–Crippen MR) is 85.8 cm³/mol. The molecule has 1 aromatic heterocycles. The SMILES string of the molecule is Clc1ccc2[nH]c(C3CC3)c(Sc3ccccc3)c2c1. The zero-order chi connectivity index (χ0) is 13.5. The maximum Gasteiger partial charge on any atom is 0.0469 e. The number of halogens is 1. The second-order valence-electron chi connectivity index (χ2n) is 5.25. The Morgan fingerprint density at radius 2 is 1.85 bits per heavy atom. The largest absolute Gasteiger partial charge is 0.357 e. The van der Waals surface area contributed by atoms with Crippen LogP contribution in [0.5, 0.6) is 0 Å². The van der Waals surface area contributed by atoms with E-state index >= 15 is 0 Å². The van der Waals surface area contributed by atoms with Crippen molar-refractivity contribution in [3.63, 3.8) is 0 Å². The van der Waals surface area contributed by atoms with E-state index in [0.717, 1.165) is 5.02 Å². The number of nitrogens with one attached hydrogen (secondary N) is 1. The number of hydrogen-bond acceptors (Lipinski definition) is 1. The molecule has 20 heavy (non-hydrogen) atoms. The Hall–Kier alpha value is -1.38. The van der Waals surface area contributed by atoms with Crippen molar-refractivity contribution >= 4 is 34.3 Å². The van der Waals surface area contributed by atoms with Crippen LogP contribution >= 0.6 is 23.4 Å². The van der Waals surface area contributed by atoms with Crippen LogP contribution in [0.25, 0.3) is 10.9 Å². The Kier molecular flexibility index (Phi) is 3.01. The first kappa shape index (κ1) is 12.4. The molecule has 0 spiro atoms. The number of benzene rings is 2. The monoisotopic (exact) mass is 299 g/mol. The van der Waals surface area contributed by atoms with Gasteiger partial charge < -0.3 is 4.98 Å². The second-order valence-corrected chi connectivity index (χ2v) is 6.77. The number of aromatic nitrogens is 1. The van der Waals surface area contributed by atoms with Crippen molar-refractivity contribution in [2.45, 2.75) is 28.6 Å². The normalized spacial score (nSPS) is 14.8. The molecule has 1 saturated carbocycles. The van der Waals surface area contributed by atoms with Crippen molar-refractivity contribution in [2.75, 3.05) is 0 Å². The summed E-state index contributed by atoms with van der Waals surface area (Å²) in [6.45, 7) is 0. The first-order valence-corrected chi connectivity index (χ1v) is 8.05. The summed E-state index contributed by atoms with van der Waals surface area (Å²) < 4.78 is 0. The zero-order valence-electron chi connectivity index (χ0n) is 10.9. The molecule has 4 rings (SSSR count). The van der Waals surface area contributed by atoms with Gasteiger partial charge in [0, 0.05) is 37.3 Å². The Morgan fingerprint density at radius 3 is 2.60 bits per heavy atom. The summed E-state index contributed by atoms with van der Waals surface area (Å²) in [6, 6.07) is 16.6. The molecule has 3 aromatic rings. The first-order chi connectivity index (χ1) is 9.81. The number of rotatable bonds is 3. The van der Waals surface area contributed by atoms with Crippen LogP contribution in [-0.2, 0) is 0 Å². The topological polar surface area (TPSA) is 15.8 Å². The number of hydrogen-bond donors (Lipinski definition) is 1. The van der Waals surface area contributed by atoms with Crippen molar-refractivity contribution in [2.24, 2.45) is 0 Å². The molecule has 0 radical (unpaired) electrons. The van der Waals surface area contributed by atoms with Gasteiger partial charge in [-0.3, -0.25) is 0 Å². The van der Waals surface area contributed by atoms with Crippen LogP contribution in [-0.4, -0.2) is 4.98 Å². The fourth-order valence-electron chi connectivity index (χ4n) is 2.54. The van der Waals surface area contributed by atoms with E-state index in [2.05, 4.69) is 47.4 Å². The van der Waals surface area contributed by atoms with Gasteiger partial charge in [0.1, 0.15) is 0 Å². The van der Waals surface area contributed by atoms with Crippen LogP contribution < -0.4 is 0 Å². The molecule has 0 saturated heterocycles. The maximum atomic E-state index is 6.17. The molecule has 0 bridgehead atoms. The third-order valence-corrected chi connectivity index (χ3v) is 5.08. The molecule has 0 atom stereocenters. The minimum atomic E-state index is 0.701. The van der Waals surface area contributed by atoms with Gasteiger partial charge in [0.2, 0.25) is 0 Å². The summed E-state index contributed by atoms with van der Waals surface area (Å²) in [5, 5.41) is 2.04. The fourth-order valence-corrected chi connectivity index (χ4v) is 3.84. The molecule has 1 aliphatic carbocycles. The van der Waals surface area contributed by atoms with E-state index in [9.17, 15) is 0 Å². The van der Waals surface area contributed by atoms with Crippen molar-refractivity contribution in [3.05, 3.63) is 59.2 Å². The van der Waals surface area contributed by atoms with Crippen LogP contribution in [0, 0.1) is 0 Å². The van der Waals surface area contributed by atoms with Gasteiger partial charge in [-0.05, 0) is 43.2 Å². The average Bonchev–Trinajstić information content (AvgIpc) is 3.25. The minimum absolute atomic E-state index is 0.701. The van der Waals surface area contributed by atoms with Gasteiger partial charge in [0.15, 0.2) is 0 Å². The van der Waals surface area contributed by atoms with E-state index in [-0.39, 0.29) is 0 Å². The number of H-pyrrole nitrogens is 1. The third kappa shape index (κ3) is 2.23. The lowest BCUT2D eigenvalue weighted by Gasteiger charge is -2.04. The van der Waals surface area contributed by atoms with Gasteiger partial charge in [-0.1, -0.05) is 41.6 Å². The molecule has 100 valence electrons. The van der Waals surface area contributed by atoms with Gasteiger partial charge >= 0.3 is 0 Å². The van der Waals surface area contributed by atoms with Crippen molar-refractivity contribution in [1.29, 1.82) is 0 Å². The van der Waals surface area contributed by atoms with Gasteiger partial charge in [0.25, 0.3) is 0 Å². The van der Waals surface area contributed by atoms with Gasteiger partial charge in [-0.25, -0.2) is 0 Å². The summed E-state index contributed by atoms with van der Waals surface area (Å²) >= 11 is 8.01. The molecular formula is C17H14ClNS. The van der Waals surface area contributed by atoms with Gasteiger partial charge in [-0.2, -0.15) is 0 Å². The van der Waals surface area contributed by atoms with E-state index in [1.165, 1.54) is 39.2 Å². The average molecular weight is 300 g/mol. The molecule has 1 nitrogen and oxygen atoms in total. The van der Waals surface area contributed by atoms with E-state index < -0.39 is 0 Å². The second kappa shape index (κ2) is 4.87. The maximum absolute atomic E-state index is 6.17. The number of fused-ring (bicyclic) bond motifs is 1. The molecule has 0 unspecified atom stereocenters. The van der Waals surface area contributed by atoms with Crippen molar-refractivity contribution < 1.29 is 0 Å². The summed E-state index contributed by atoms with van der Waals surface area (Å²) in [5.74, 6) is 0.701. The van der Waals surface area contributed by atoms with E-state index in [1.807, 2.05) is 17.8 Å². The Morgan fingerprint density at radius 1 is 1.05 bits per heavy atom. The van der Waals surface area contributed by atoms with E-state index in [4.69, 9.17) is 11.6 Å². The number of aromatic amines is 1. The molecular weight excluding hydrogens is 286 g/mol. The molecule has 3 heteroatoms. The third-order valence-electron chi connectivity index (χ3n) is 3.69. The van der Waals surface area contributed by atoms with Gasteiger partial charge in [0.05, 0.1) is 0 Å². The molecule has 2 aromatic carbocycles. The molecule has 0 amide bonds. The highest BCUT2D eigenvalue weighted by Crippen LogP contribution is 2.48. The standard InChI is InChI=1S/C17H14ClNS/c18-12-8-9-15-14(10-12)17(16(19-15)11-6-7-11)20-13-4-2-1-3-5-13/h1-5,8-11,19H,6-7H2. The molecule has 0 aliphatic heterocycles. The van der Waals surface area contributed by atoms with E-state index in [0.29, 0.717) is 5.92 Å². The lowest BCUT2D eigenvalue weighted by molar-refractivity contribution is 1.02. The van der Waals surface area contributed by atoms with Crippen LogP contribution in [0.1, 0.15) is 24.5 Å². The minimum Gasteiger partial charge on any atom is -0.357 e. The summed E-state index contributed by atoms with van der Waals surface area (Å²) in [6.07, 6.45) is 2.59.